The molecule has 0 amide bonds. The summed E-state index contributed by atoms with van der Waals surface area (Å²) in [5.41, 5.74) is 3.28. The van der Waals surface area contributed by atoms with Crippen LogP contribution in [-0.2, 0) is 11.3 Å². The maximum Gasteiger partial charge on any atom is 0.138 e. The second-order valence-corrected chi connectivity index (χ2v) is 3.60. The first-order valence-corrected chi connectivity index (χ1v) is 5.27. The van der Waals surface area contributed by atoms with E-state index in [1.54, 1.807) is 0 Å². The van der Waals surface area contributed by atoms with Crippen molar-refractivity contribution in [3.05, 3.63) is 47.7 Å². The molecular formula is C13H15NO. The van der Waals surface area contributed by atoms with Crippen LogP contribution in [0.15, 0.2) is 41.6 Å². The Bertz CT molecular complexity index is 407. The van der Waals surface area contributed by atoms with Gasteiger partial charge in [-0.1, -0.05) is 37.8 Å². The van der Waals surface area contributed by atoms with E-state index in [1.807, 2.05) is 12.1 Å². The van der Waals surface area contributed by atoms with Crippen molar-refractivity contribution in [3.8, 4) is 0 Å². The van der Waals surface area contributed by atoms with Crippen LogP contribution in [0, 0.1) is 0 Å². The van der Waals surface area contributed by atoms with Gasteiger partial charge < -0.3 is 4.74 Å². The second-order valence-electron chi connectivity index (χ2n) is 3.60. The van der Waals surface area contributed by atoms with Gasteiger partial charge in [0, 0.05) is 12.1 Å². The summed E-state index contributed by atoms with van der Waals surface area (Å²) in [4.78, 5) is 4.52. The summed E-state index contributed by atoms with van der Waals surface area (Å²) in [7, 11) is 0. The smallest absolute Gasteiger partial charge is 0.138 e. The molecule has 2 rings (SSSR count). The zero-order valence-corrected chi connectivity index (χ0v) is 8.99. The number of hydrogen-bond donors (Lipinski definition) is 0. The highest BCUT2D eigenvalue weighted by atomic mass is 16.5. The first-order chi connectivity index (χ1) is 7.33. The van der Waals surface area contributed by atoms with E-state index in [4.69, 9.17) is 4.74 Å². The molecule has 0 aliphatic carbocycles. The molecule has 0 bridgehead atoms. The highest BCUT2D eigenvalue weighted by Gasteiger charge is 2.18. The number of nitrogens with zero attached hydrogens (tertiary/aromatic N) is 1. The van der Waals surface area contributed by atoms with Crippen LogP contribution in [0.5, 0.6) is 0 Å². The van der Waals surface area contributed by atoms with E-state index in [1.165, 1.54) is 11.1 Å². The molecule has 0 saturated carbocycles. The lowest BCUT2D eigenvalue weighted by Crippen LogP contribution is -2.17. The Labute approximate surface area is 90.3 Å². The van der Waals surface area contributed by atoms with Gasteiger partial charge in [-0.25, -0.2) is 0 Å². The highest BCUT2D eigenvalue weighted by Crippen LogP contribution is 2.22. The first kappa shape index (κ1) is 9.97. The van der Waals surface area contributed by atoms with Crippen molar-refractivity contribution >= 4 is 5.71 Å². The number of ether oxygens (including phenoxy) is 1. The van der Waals surface area contributed by atoms with Crippen LogP contribution in [0.1, 0.15) is 24.5 Å². The minimum Gasteiger partial charge on any atom is -0.487 e. The standard InChI is InChI=1S/C13H15NO/c1-3-8-14-13-10(2)15-9-11-6-4-5-7-12(11)13/h4-7H,2-3,8-9H2,1H3/b14-13+. The Morgan fingerprint density at radius 1 is 1.40 bits per heavy atom. The summed E-state index contributed by atoms with van der Waals surface area (Å²) in [6.07, 6.45) is 1.04. The van der Waals surface area contributed by atoms with E-state index < -0.39 is 0 Å². The molecule has 0 N–H and O–H groups in total. The van der Waals surface area contributed by atoms with Gasteiger partial charge in [0.05, 0.1) is 0 Å². The molecule has 2 nitrogen and oxygen atoms in total. The van der Waals surface area contributed by atoms with E-state index in [0.29, 0.717) is 12.4 Å². The third kappa shape index (κ3) is 1.94. The van der Waals surface area contributed by atoms with E-state index >= 15 is 0 Å². The van der Waals surface area contributed by atoms with Crippen LogP contribution in [0.25, 0.3) is 0 Å². The molecule has 0 spiro atoms. The van der Waals surface area contributed by atoms with Crippen LogP contribution < -0.4 is 0 Å². The van der Waals surface area contributed by atoms with E-state index in [9.17, 15) is 0 Å². The Hall–Kier alpha value is -1.57. The lowest BCUT2D eigenvalue weighted by Gasteiger charge is -2.20. The zero-order chi connectivity index (χ0) is 10.7. The zero-order valence-electron chi connectivity index (χ0n) is 8.99. The molecule has 2 heteroatoms. The molecule has 1 aromatic rings. The van der Waals surface area contributed by atoms with Gasteiger partial charge in [0.1, 0.15) is 18.1 Å². The predicted molar refractivity (Wildman–Crippen MR) is 62.1 cm³/mol. The fourth-order valence-corrected chi connectivity index (χ4v) is 1.66. The summed E-state index contributed by atoms with van der Waals surface area (Å²) in [5, 5.41) is 0. The summed E-state index contributed by atoms with van der Waals surface area (Å²) in [6, 6.07) is 8.20. The molecule has 0 aromatic heterocycles. The number of benzene rings is 1. The lowest BCUT2D eigenvalue weighted by atomic mass is 10.00. The van der Waals surface area contributed by atoms with Crippen molar-refractivity contribution in [2.75, 3.05) is 6.54 Å². The van der Waals surface area contributed by atoms with Crippen molar-refractivity contribution in [2.45, 2.75) is 20.0 Å². The minimum absolute atomic E-state index is 0.611. The molecule has 1 aliphatic rings. The van der Waals surface area contributed by atoms with E-state index in [2.05, 4.69) is 30.6 Å². The van der Waals surface area contributed by atoms with Crippen LogP contribution in [0.3, 0.4) is 0 Å². The summed E-state index contributed by atoms with van der Waals surface area (Å²) >= 11 is 0. The van der Waals surface area contributed by atoms with Crippen LogP contribution >= 0.6 is 0 Å². The normalized spacial score (nSPS) is 17.4. The fourth-order valence-electron chi connectivity index (χ4n) is 1.66. The van der Waals surface area contributed by atoms with Gasteiger partial charge in [-0.2, -0.15) is 0 Å². The van der Waals surface area contributed by atoms with Crippen molar-refractivity contribution in [2.24, 2.45) is 4.99 Å². The second kappa shape index (κ2) is 4.30. The molecule has 1 aromatic carbocycles. The van der Waals surface area contributed by atoms with Gasteiger partial charge in [-0.15, -0.1) is 0 Å². The Morgan fingerprint density at radius 2 is 2.20 bits per heavy atom. The van der Waals surface area contributed by atoms with Gasteiger partial charge in [-0.05, 0) is 12.0 Å². The summed E-state index contributed by atoms with van der Waals surface area (Å²) in [5.74, 6) is 0.696. The number of fused-ring (bicyclic) bond motifs is 1. The number of aliphatic imine (C=N–C) groups is 1. The molecule has 1 heterocycles. The van der Waals surface area contributed by atoms with Crippen molar-refractivity contribution in [1.29, 1.82) is 0 Å². The average molecular weight is 201 g/mol. The first-order valence-electron chi connectivity index (χ1n) is 5.27. The van der Waals surface area contributed by atoms with Crippen molar-refractivity contribution in [3.63, 3.8) is 0 Å². The molecule has 0 fully saturated rings. The predicted octanol–water partition coefficient (Wildman–Crippen LogP) is 2.93. The average Bonchev–Trinajstić information content (AvgIpc) is 2.28. The van der Waals surface area contributed by atoms with Gasteiger partial charge in [-0.3, -0.25) is 4.99 Å². The van der Waals surface area contributed by atoms with Crippen LogP contribution in [0.2, 0.25) is 0 Å². The molecule has 0 unspecified atom stereocenters. The number of hydrogen-bond acceptors (Lipinski definition) is 2. The number of allylic oxidation sites excluding steroid dienone is 1. The molecule has 1 aliphatic heterocycles. The van der Waals surface area contributed by atoms with Crippen molar-refractivity contribution < 1.29 is 4.74 Å². The maximum absolute atomic E-state index is 5.49. The largest absolute Gasteiger partial charge is 0.487 e. The lowest BCUT2D eigenvalue weighted by molar-refractivity contribution is 0.213. The molecule has 78 valence electrons. The maximum atomic E-state index is 5.49. The monoisotopic (exact) mass is 201 g/mol. The van der Waals surface area contributed by atoms with Gasteiger partial charge in [0.15, 0.2) is 0 Å². The summed E-state index contributed by atoms with van der Waals surface area (Å²) in [6.45, 7) is 7.44. The summed E-state index contributed by atoms with van der Waals surface area (Å²) < 4.78 is 5.49. The third-order valence-electron chi connectivity index (χ3n) is 2.43. The SMILES string of the molecule is C=C1OCc2ccccc2/C1=N/CCC. The quantitative estimate of drug-likeness (QED) is 0.721. The van der Waals surface area contributed by atoms with Crippen LogP contribution in [0.4, 0.5) is 0 Å². The molecule has 0 atom stereocenters. The fraction of sp³-hybridized carbons (Fsp3) is 0.308. The molecule has 15 heavy (non-hydrogen) atoms. The number of rotatable bonds is 2. The van der Waals surface area contributed by atoms with E-state index in [0.717, 1.165) is 18.7 Å². The van der Waals surface area contributed by atoms with Gasteiger partial charge >= 0.3 is 0 Å². The Kier molecular flexibility index (Phi) is 2.86. The molecule has 0 radical (unpaired) electrons. The Morgan fingerprint density at radius 3 is 3.00 bits per heavy atom. The minimum atomic E-state index is 0.611. The highest BCUT2D eigenvalue weighted by molar-refractivity contribution is 6.12. The van der Waals surface area contributed by atoms with Gasteiger partial charge in [0.25, 0.3) is 0 Å². The molecular weight excluding hydrogens is 186 g/mol. The van der Waals surface area contributed by atoms with Crippen molar-refractivity contribution in [1.82, 2.24) is 0 Å². The third-order valence-corrected chi connectivity index (χ3v) is 2.43. The molecule has 0 saturated heterocycles. The Balaban J connectivity index is 2.41. The van der Waals surface area contributed by atoms with Crippen LogP contribution in [-0.4, -0.2) is 12.3 Å². The van der Waals surface area contributed by atoms with E-state index in [-0.39, 0.29) is 0 Å². The topological polar surface area (TPSA) is 21.6 Å². The van der Waals surface area contributed by atoms with Gasteiger partial charge in [0.2, 0.25) is 0 Å².